The van der Waals surface area contributed by atoms with E-state index >= 15 is 0 Å². The lowest BCUT2D eigenvalue weighted by molar-refractivity contribution is 0.0950. The van der Waals surface area contributed by atoms with E-state index in [2.05, 4.69) is 20.3 Å². The zero-order chi connectivity index (χ0) is 26.3. The number of aromatic nitrogens is 3. The molecule has 37 heavy (non-hydrogen) atoms. The molecule has 188 valence electrons. The quantitative estimate of drug-likeness (QED) is 0.313. The first-order valence-corrected chi connectivity index (χ1v) is 13.6. The summed E-state index contributed by atoms with van der Waals surface area (Å²) in [7, 11) is -3.49. The summed E-state index contributed by atoms with van der Waals surface area (Å²) in [5, 5.41) is 5.21. The zero-order valence-corrected chi connectivity index (χ0v) is 21.5. The van der Waals surface area contributed by atoms with Gasteiger partial charge in [-0.1, -0.05) is 17.7 Å². The molecule has 0 saturated carbocycles. The monoisotopic (exact) mass is 536 g/mol. The summed E-state index contributed by atoms with van der Waals surface area (Å²) in [5.41, 5.74) is 3.35. The van der Waals surface area contributed by atoms with Crippen LogP contribution in [-0.4, -0.2) is 35.5 Å². The summed E-state index contributed by atoms with van der Waals surface area (Å²) < 4.78 is 39.3. The summed E-state index contributed by atoms with van der Waals surface area (Å²) in [4.78, 5) is 24.5. The van der Waals surface area contributed by atoms with E-state index in [4.69, 9.17) is 11.6 Å². The Morgan fingerprint density at radius 2 is 1.92 bits per heavy atom. The molecule has 10 heteroatoms. The number of H-pyrrole nitrogens is 1. The van der Waals surface area contributed by atoms with Crippen molar-refractivity contribution in [3.05, 3.63) is 100.0 Å². The summed E-state index contributed by atoms with van der Waals surface area (Å²) in [6, 6.07) is 11.5. The first-order chi connectivity index (χ1) is 17.6. The minimum Gasteiger partial charge on any atom is -0.360 e. The van der Waals surface area contributed by atoms with Gasteiger partial charge in [-0.2, -0.15) is 0 Å². The molecular formula is C27H22ClFN4O3S. The van der Waals surface area contributed by atoms with Crippen molar-refractivity contribution >= 4 is 49.0 Å². The highest BCUT2D eigenvalue weighted by Gasteiger charge is 2.16. The molecule has 0 unspecified atom stereocenters. The Morgan fingerprint density at radius 1 is 1.11 bits per heavy atom. The van der Waals surface area contributed by atoms with Gasteiger partial charge in [0, 0.05) is 76.6 Å². The topological polar surface area (TPSA) is 105 Å². The summed E-state index contributed by atoms with van der Waals surface area (Å²) >= 11 is 6.13. The van der Waals surface area contributed by atoms with Gasteiger partial charge in [0.1, 0.15) is 5.82 Å². The Morgan fingerprint density at radius 3 is 2.70 bits per heavy atom. The van der Waals surface area contributed by atoms with Crippen molar-refractivity contribution in [2.24, 2.45) is 0 Å². The van der Waals surface area contributed by atoms with Gasteiger partial charge in [0.05, 0.1) is 9.92 Å². The molecule has 0 aliphatic rings. The number of carbonyl (C=O) groups excluding carboxylic acids is 1. The van der Waals surface area contributed by atoms with E-state index in [1.165, 1.54) is 18.5 Å². The van der Waals surface area contributed by atoms with Crippen LogP contribution in [0.25, 0.3) is 21.7 Å². The molecule has 0 saturated heterocycles. The molecule has 0 atom stereocenters. The van der Waals surface area contributed by atoms with Crippen molar-refractivity contribution in [1.82, 2.24) is 20.3 Å². The third kappa shape index (κ3) is 5.19. The molecule has 5 rings (SSSR count). The molecular weight excluding hydrogens is 515 g/mol. The molecule has 1 amide bonds. The number of aryl methyl sites for hydroxylation is 1. The van der Waals surface area contributed by atoms with Gasteiger partial charge in [-0.15, -0.1) is 0 Å². The van der Waals surface area contributed by atoms with Gasteiger partial charge in [0.2, 0.25) is 0 Å². The number of fused-ring (bicyclic) bond motifs is 2. The predicted molar refractivity (Wildman–Crippen MR) is 141 cm³/mol. The van der Waals surface area contributed by atoms with Crippen LogP contribution in [0.3, 0.4) is 0 Å². The molecule has 0 aliphatic carbocycles. The summed E-state index contributed by atoms with van der Waals surface area (Å²) in [6.45, 7) is 1.82. The van der Waals surface area contributed by atoms with E-state index in [1.54, 1.807) is 36.7 Å². The smallest absolute Gasteiger partial charge is 0.251 e. The van der Waals surface area contributed by atoms with Gasteiger partial charge >= 0.3 is 0 Å². The molecule has 2 N–H and O–H groups in total. The maximum absolute atomic E-state index is 14.5. The van der Waals surface area contributed by atoms with Crippen molar-refractivity contribution < 1.29 is 17.6 Å². The molecule has 7 nitrogen and oxygen atoms in total. The van der Waals surface area contributed by atoms with E-state index in [1.807, 2.05) is 19.1 Å². The summed E-state index contributed by atoms with van der Waals surface area (Å²) in [6.07, 6.45) is 6.15. The Balaban J connectivity index is 1.38. The lowest BCUT2D eigenvalue weighted by Gasteiger charge is -2.11. The highest BCUT2D eigenvalue weighted by molar-refractivity contribution is 7.91. The number of rotatable bonds is 6. The van der Waals surface area contributed by atoms with Crippen LogP contribution in [0, 0.1) is 12.7 Å². The molecule has 0 spiro atoms. The van der Waals surface area contributed by atoms with E-state index in [9.17, 15) is 17.6 Å². The lowest BCUT2D eigenvalue weighted by Crippen LogP contribution is -2.23. The Labute approximate surface area is 217 Å². The standard InChI is InChI=1S/C27H22ClFN4O3S/c1-15-5-18-6-16(8-26(37(2,35)36)22(18)13-31-15)7-20-9-17(3-4-30-20)27(34)33-12-19-10-21-23(28)14-32-25(21)11-24(19)29/h3-6,8-11,13-14,32H,7,12H2,1-2H3,(H,33,34). The van der Waals surface area contributed by atoms with E-state index in [0.717, 1.165) is 16.6 Å². The second-order valence-electron chi connectivity index (χ2n) is 8.93. The van der Waals surface area contributed by atoms with Crippen molar-refractivity contribution in [3.63, 3.8) is 0 Å². The largest absolute Gasteiger partial charge is 0.360 e. The number of benzene rings is 2. The Hall–Kier alpha value is -3.82. The number of amides is 1. The fourth-order valence-corrected chi connectivity index (χ4v) is 5.44. The molecule has 0 fully saturated rings. The third-order valence-corrected chi connectivity index (χ3v) is 7.55. The predicted octanol–water partition coefficient (Wildman–Crippen LogP) is 5.14. The van der Waals surface area contributed by atoms with Gasteiger partial charge in [-0.25, -0.2) is 12.8 Å². The van der Waals surface area contributed by atoms with Crippen molar-refractivity contribution in [1.29, 1.82) is 0 Å². The maximum atomic E-state index is 14.5. The number of hydrogen-bond acceptors (Lipinski definition) is 5. The third-order valence-electron chi connectivity index (χ3n) is 6.10. The first-order valence-electron chi connectivity index (χ1n) is 11.4. The number of nitrogens with one attached hydrogen (secondary N) is 2. The molecule has 0 radical (unpaired) electrons. The molecule has 3 aromatic heterocycles. The van der Waals surface area contributed by atoms with Crippen molar-refractivity contribution in [2.75, 3.05) is 6.26 Å². The van der Waals surface area contributed by atoms with Gasteiger partial charge in [-0.3, -0.25) is 14.8 Å². The second-order valence-corrected chi connectivity index (χ2v) is 11.3. The molecule has 5 aromatic rings. The average Bonchev–Trinajstić information content (AvgIpc) is 3.20. The minimum absolute atomic E-state index is 0.0183. The number of hydrogen-bond donors (Lipinski definition) is 2. The van der Waals surface area contributed by atoms with Gasteiger partial charge < -0.3 is 10.3 Å². The highest BCUT2D eigenvalue weighted by atomic mass is 35.5. The number of nitrogens with zero attached hydrogens (tertiary/aromatic N) is 2. The Bertz CT molecular complexity index is 1800. The van der Waals surface area contributed by atoms with Gasteiger partial charge in [0.25, 0.3) is 5.91 Å². The SMILES string of the molecule is Cc1cc2cc(Cc3cc(C(=O)NCc4cc5c(Cl)c[nH]c5cc4F)ccn3)cc(S(C)(=O)=O)c2cn1. The minimum atomic E-state index is -3.49. The second kappa shape index (κ2) is 9.57. The van der Waals surface area contributed by atoms with Crippen LogP contribution in [0.2, 0.25) is 5.02 Å². The van der Waals surface area contributed by atoms with Crippen LogP contribution in [0.1, 0.15) is 32.9 Å². The lowest BCUT2D eigenvalue weighted by atomic mass is 10.0. The molecule has 0 aliphatic heterocycles. The van der Waals surface area contributed by atoms with Crippen LogP contribution in [0.15, 0.2) is 66.0 Å². The van der Waals surface area contributed by atoms with Crippen LogP contribution in [-0.2, 0) is 22.8 Å². The number of halogens is 2. The number of aromatic amines is 1. The highest BCUT2D eigenvalue weighted by Crippen LogP contribution is 2.27. The normalized spacial score (nSPS) is 11.8. The first kappa shape index (κ1) is 24.9. The van der Waals surface area contributed by atoms with Crippen LogP contribution >= 0.6 is 11.6 Å². The van der Waals surface area contributed by atoms with Gasteiger partial charge in [-0.05, 0) is 54.3 Å². The molecule has 2 aromatic carbocycles. The fourth-order valence-electron chi connectivity index (χ4n) is 4.29. The van der Waals surface area contributed by atoms with Crippen LogP contribution < -0.4 is 5.32 Å². The van der Waals surface area contributed by atoms with Crippen molar-refractivity contribution in [2.45, 2.75) is 24.8 Å². The maximum Gasteiger partial charge on any atom is 0.251 e. The van der Waals surface area contributed by atoms with Crippen LogP contribution in [0.4, 0.5) is 4.39 Å². The molecule has 3 heterocycles. The average molecular weight is 537 g/mol. The fraction of sp³-hybridized carbons (Fsp3) is 0.148. The Kier molecular flexibility index (Phi) is 6.43. The van der Waals surface area contributed by atoms with Gasteiger partial charge in [0.15, 0.2) is 9.84 Å². The number of sulfone groups is 1. The van der Waals surface area contributed by atoms with E-state index in [0.29, 0.717) is 44.6 Å². The zero-order valence-electron chi connectivity index (χ0n) is 20.0. The number of pyridine rings is 2. The van der Waals surface area contributed by atoms with E-state index in [-0.39, 0.29) is 17.3 Å². The number of carbonyl (C=O) groups is 1. The van der Waals surface area contributed by atoms with Crippen LogP contribution in [0.5, 0.6) is 0 Å². The summed E-state index contributed by atoms with van der Waals surface area (Å²) in [5.74, 6) is -0.842. The van der Waals surface area contributed by atoms with Crippen molar-refractivity contribution in [3.8, 4) is 0 Å². The van der Waals surface area contributed by atoms with E-state index < -0.39 is 15.7 Å². The molecule has 0 bridgehead atoms.